The minimum absolute atomic E-state index is 0.00685. The van der Waals surface area contributed by atoms with E-state index in [0.717, 1.165) is 11.3 Å². The van der Waals surface area contributed by atoms with Crippen molar-refractivity contribution in [2.75, 3.05) is 5.32 Å². The second-order valence-corrected chi connectivity index (χ2v) is 5.16. The maximum absolute atomic E-state index is 11.6. The van der Waals surface area contributed by atoms with Gasteiger partial charge in [-0.05, 0) is 24.0 Å². The Kier molecular flexibility index (Phi) is 3.94. The Morgan fingerprint density at radius 2 is 1.82 bits per heavy atom. The highest BCUT2D eigenvalue weighted by Crippen LogP contribution is 2.29. The molecule has 0 aliphatic rings. The van der Waals surface area contributed by atoms with E-state index in [-0.39, 0.29) is 11.4 Å². The fourth-order valence-electron chi connectivity index (χ4n) is 1.59. The summed E-state index contributed by atoms with van der Waals surface area (Å²) in [4.78, 5) is 11.6. The number of nitrogens with one attached hydrogen (secondary N) is 2. The molecule has 2 amide bonds. The Balaban J connectivity index is 2.92. The zero-order valence-corrected chi connectivity index (χ0v) is 10.9. The molecule has 17 heavy (non-hydrogen) atoms. The number of amides is 2. The van der Waals surface area contributed by atoms with Gasteiger partial charge in [-0.2, -0.15) is 0 Å². The Labute approximate surface area is 103 Å². The Bertz CT molecular complexity index is 430. The molecule has 0 unspecified atom stereocenters. The topological polar surface area (TPSA) is 41.1 Å². The first-order chi connectivity index (χ1) is 7.80. The van der Waals surface area contributed by atoms with Crippen LogP contribution in [-0.4, -0.2) is 6.03 Å². The molecule has 0 heterocycles. The second kappa shape index (κ2) is 5.04. The standard InChI is InChI=1S/C14H20N2O/c1-10(2)15-13(17)16-12-9-7-6-8-11(12)14(3,4)5/h6-9H,1H2,2-5H3,(H2,15,16,17). The minimum Gasteiger partial charge on any atom is -0.312 e. The normalized spacial score (nSPS) is 10.8. The maximum Gasteiger partial charge on any atom is 0.323 e. The zero-order chi connectivity index (χ0) is 13.1. The van der Waals surface area contributed by atoms with Crippen molar-refractivity contribution < 1.29 is 4.79 Å². The summed E-state index contributed by atoms with van der Waals surface area (Å²) in [5.74, 6) is 0. The van der Waals surface area contributed by atoms with Crippen LogP contribution in [0.25, 0.3) is 0 Å². The molecule has 0 fully saturated rings. The first-order valence-corrected chi connectivity index (χ1v) is 5.64. The van der Waals surface area contributed by atoms with Gasteiger partial charge >= 0.3 is 6.03 Å². The van der Waals surface area contributed by atoms with Gasteiger partial charge in [0, 0.05) is 11.4 Å². The highest BCUT2D eigenvalue weighted by Gasteiger charge is 2.18. The van der Waals surface area contributed by atoms with Crippen LogP contribution in [0.5, 0.6) is 0 Å². The predicted molar refractivity (Wildman–Crippen MR) is 72.1 cm³/mol. The molecular weight excluding hydrogens is 212 g/mol. The van der Waals surface area contributed by atoms with Crippen LogP contribution in [0.4, 0.5) is 10.5 Å². The van der Waals surface area contributed by atoms with Crippen molar-refractivity contribution in [1.82, 2.24) is 5.32 Å². The number of para-hydroxylation sites is 1. The molecule has 0 saturated carbocycles. The predicted octanol–water partition coefficient (Wildman–Crippen LogP) is 3.64. The van der Waals surface area contributed by atoms with E-state index in [1.54, 1.807) is 6.92 Å². The summed E-state index contributed by atoms with van der Waals surface area (Å²) in [6, 6.07) is 7.55. The lowest BCUT2D eigenvalue weighted by Crippen LogP contribution is -2.28. The number of benzene rings is 1. The molecule has 1 aromatic carbocycles. The largest absolute Gasteiger partial charge is 0.323 e. The molecular formula is C14H20N2O. The Hall–Kier alpha value is -1.77. The number of hydrogen-bond donors (Lipinski definition) is 2. The summed E-state index contributed by atoms with van der Waals surface area (Å²) in [6.07, 6.45) is 0. The van der Waals surface area contributed by atoms with Crippen LogP contribution >= 0.6 is 0 Å². The molecule has 92 valence electrons. The van der Waals surface area contributed by atoms with Gasteiger partial charge in [-0.25, -0.2) is 4.79 Å². The van der Waals surface area contributed by atoms with Crippen molar-refractivity contribution in [3.63, 3.8) is 0 Å². The second-order valence-electron chi connectivity index (χ2n) is 5.16. The zero-order valence-electron chi connectivity index (χ0n) is 10.9. The quantitative estimate of drug-likeness (QED) is 0.803. The summed E-state index contributed by atoms with van der Waals surface area (Å²) < 4.78 is 0. The number of carbonyl (C=O) groups excluding carboxylic acids is 1. The summed E-state index contributed by atoms with van der Waals surface area (Å²) in [5.41, 5.74) is 2.55. The smallest absolute Gasteiger partial charge is 0.312 e. The van der Waals surface area contributed by atoms with Gasteiger partial charge in [0.15, 0.2) is 0 Å². The third kappa shape index (κ3) is 3.94. The van der Waals surface area contributed by atoms with E-state index in [9.17, 15) is 4.79 Å². The van der Waals surface area contributed by atoms with Crippen molar-refractivity contribution in [1.29, 1.82) is 0 Å². The maximum atomic E-state index is 11.6. The lowest BCUT2D eigenvalue weighted by atomic mass is 9.86. The van der Waals surface area contributed by atoms with Crippen molar-refractivity contribution in [3.05, 3.63) is 42.1 Å². The van der Waals surface area contributed by atoms with E-state index in [4.69, 9.17) is 0 Å². The highest BCUT2D eigenvalue weighted by molar-refractivity contribution is 5.91. The molecule has 3 heteroatoms. The van der Waals surface area contributed by atoms with Gasteiger partial charge in [-0.1, -0.05) is 45.5 Å². The molecule has 0 aromatic heterocycles. The van der Waals surface area contributed by atoms with Crippen molar-refractivity contribution in [2.45, 2.75) is 33.1 Å². The average Bonchev–Trinajstić information content (AvgIpc) is 2.15. The van der Waals surface area contributed by atoms with Crippen LogP contribution < -0.4 is 10.6 Å². The monoisotopic (exact) mass is 232 g/mol. The average molecular weight is 232 g/mol. The SMILES string of the molecule is C=C(C)NC(=O)Nc1ccccc1C(C)(C)C. The highest BCUT2D eigenvalue weighted by atomic mass is 16.2. The molecule has 0 bridgehead atoms. The molecule has 0 radical (unpaired) electrons. The molecule has 2 N–H and O–H groups in total. The number of anilines is 1. The number of allylic oxidation sites excluding steroid dienone is 1. The van der Waals surface area contributed by atoms with Gasteiger partial charge in [0.25, 0.3) is 0 Å². The molecule has 3 nitrogen and oxygen atoms in total. The summed E-state index contributed by atoms with van der Waals surface area (Å²) in [5, 5.41) is 5.46. The van der Waals surface area contributed by atoms with Crippen LogP contribution in [0.1, 0.15) is 33.3 Å². The molecule has 1 aromatic rings. The van der Waals surface area contributed by atoms with Crippen LogP contribution in [-0.2, 0) is 5.41 Å². The number of urea groups is 1. The van der Waals surface area contributed by atoms with Gasteiger partial charge in [0.1, 0.15) is 0 Å². The van der Waals surface area contributed by atoms with Gasteiger partial charge in [-0.3, -0.25) is 0 Å². The fraction of sp³-hybridized carbons (Fsp3) is 0.357. The summed E-state index contributed by atoms with van der Waals surface area (Å²) in [6.45, 7) is 11.7. The molecule has 0 aliphatic heterocycles. The van der Waals surface area contributed by atoms with Gasteiger partial charge in [0.05, 0.1) is 0 Å². The summed E-state index contributed by atoms with van der Waals surface area (Å²) >= 11 is 0. The Morgan fingerprint density at radius 1 is 1.24 bits per heavy atom. The third-order valence-corrected chi connectivity index (χ3v) is 2.31. The molecule has 0 saturated heterocycles. The lowest BCUT2D eigenvalue weighted by molar-refractivity contribution is 0.254. The third-order valence-electron chi connectivity index (χ3n) is 2.31. The fourth-order valence-corrected chi connectivity index (χ4v) is 1.59. The van der Waals surface area contributed by atoms with E-state index in [1.807, 2.05) is 24.3 Å². The molecule has 1 rings (SSSR count). The molecule has 0 spiro atoms. The van der Waals surface area contributed by atoms with Crippen molar-refractivity contribution >= 4 is 11.7 Å². The van der Waals surface area contributed by atoms with E-state index in [0.29, 0.717) is 5.70 Å². The first kappa shape index (κ1) is 13.3. The van der Waals surface area contributed by atoms with E-state index in [2.05, 4.69) is 38.0 Å². The van der Waals surface area contributed by atoms with Crippen LogP contribution in [0.2, 0.25) is 0 Å². The molecule has 0 atom stereocenters. The van der Waals surface area contributed by atoms with E-state index < -0.39 is 0 Å². The van der Waals surface area contributed by atoms with Crippen molar-refractivity contribution in [3.8, 4) is 0 Å². The number of carbonyl (C=O) groups is 1. The lowest BCUT2D eigenvalue weighted by Gasteiger charge is -2.23. The van der Waals surface area contributed by atoms with Crippen LogP contribution in [0.3, 0.4) is 0 Å². The van der Waals surface area contributed by atoms with Crippen LogP contribution in [0.15, 0.2) is 36.5 Å². The van der Waals surface area contributed by atoms with Gasteiger partial charge < -0.3 is 10.6 Å². The minimum atomic E-state index is -0.255. The van der Waals surface area contributed by atoms with E-state index in [1.165, 1.54) is 0 Å². The Morgan fingerprint density at radius 3 is 2.35 bits per heavy atom. The number of hydrogen-bond acceptors (Lipinski definition) is 1. The summed E-state index contributed by atoms with van der Waals surface area (Å²) in [7, 11) is 0. The number of rotatable bonds is 2. The van der Waals surface area contributed by atoms with Gasteiger partial charge in [-0.15, -0.1) is 0 Å². The van der Waals surface area contributed by atoms with Crippen LogP contribution in [0, 0.1) is 0 Å². The van der Waals surface area contributed by atoms with Gasteiger partial charge in [0.2, 0.25) is 0 Å². The molecule has 0 aliphatic carbocycles. The van der Waals surface area contributed by atoms with E-state index >= 15 is 0 Å². The van der Waals surface area contributed by atoms with Crippen molar-refractivity contribution in [2.24, 2.45) is 0 Å². The first-order valence-electron chi connectivity index (χ1n) is 5.64.